The smallest absolute Gasteiger partial charge is 0.0576 e. The van der Waals surface area contributed by atoms with Crippen molar-refractivity contribution in [2.45, 2.75) is 33.1 Å². The van der Waals surface area contributed by atoms with Crippen molar-refractivity contribution >= 4 is 5.71 Å². The topological polar surface area (TPSA) is 32.6 Å². The van der Waals surface area contributed by atoms with Crippen molar-refractivity contribution in [2.75, 3.05) is 0 Å². The van der Waals surface area contributed by atoms with Gasteiger partial charge in [-0.3, -0.25) is 0 Å². The van der Waals surface area contributed by atoms with E-state index in [0.717, 1.165) is 18.6 Å². The minimum atomic E-state index is 0.703. The summed E-state index contributed by atoms with van der Waals surface area (Å²) in [6.07, 6.45) is 3.25. The van der Waals surface area contributed by atoms with Gasteiger partial charge in [0, 0.05) is 0 Å². The number of nitrogens with zero attached hydrogens (tertiary/aromatic N) is 1. The van der Waals surface area contributed by atoms with E-state index >= 15 is 0 Å². The van der Waals surface area contributed by atoms with Crippen molar-refractivity contribution in [1.82, 2.24) is 0 Å². The van der Waals surface area contributed by atoms with E-state index in [1.165, 1.54) is 6.42 Å². The zero-order valence-corrected chi connectivity index (χ0v) is 6.67. The second-order valence-corrected chi connectivity index (χ2v) is 3.52. The normalized spacial score (nSPS) is 34.0. The molecule has 58 valence electrons. The highest BCUT2D eigenvalue weighted by Crippen LogP contribution is 2.26. The van der Waals surface area contributed by atoms with Crippen LogP contribution in [0.15, 0.2) is 5.16 Å². The van der Waals surface area contributed by atoms with E-state index in [1.807, 2.05) is 0 Å². The van der Waals surface area contributed by atoms with E-state index in [2.05, 4.69) is 19.0 Å². The molecule has 1 saturated carbocycles. The molecule has 2 heteroatoms. The first-order valence-corrected chi connectivity index (χ1v) is 3.92. The van der Waals surface area contributed by atoms with Crippen LogP contribution in [0.4, 0.5) is 0 Å². The van der Waals surface area contributed by atoms with E-state index < -0.39 is 0 Å². The van der Waals surface area contributed by atoms with Crippen LogP contribution in [0, 0.1) is 11.8 Å². The van der Waals surface area contributed by atoms with Crippen LogP contribution in [0.5, 0.6) is 0 Å². The lowest BCUT2D eigenvalue weighted by atomic mass is 9.82. The third-order valence-electron chi connectivity index (χ3n) is 2.11. The quantitative estimate of drug-likeness (QED) is 0.407. The zero-order chi connectivity index (χ0) is 7.56. The Morgan fingerprint density at radius 2 is 1.80 bits per heavy atom. The van der Waals surface area contributed by atoms with Gasteiger partial charge in [0.25, 0.3) is 0 Å². The van der Waals surface area contributed by atoms with E-state index in [1.54, 1.807) is 0 Å². The van der Waals surface area contributed by atoms with Gasteiger partial charge < -0.3 is 5.21 Å². The SMILES string of the molecule is CC1CC(=NO)CC(C)C1. The summed E-state index contributed by atoms with van der Waals surface area (Å²) >= 11 is 0. The average molecular weight is 141 g/mol. The fraction of sp³-hybridized carbons (Fsp3) is 0.875. The highest BCUT2D eigenvalue weighted by atomic mass is 16.4. The Bertz CT molecular complexity index is 130. The minimum Gasteiger partial charge on any atom is -0.411 e. The molecule has 1 N–H and O–H groups in total. The van der Waals surface area contributed by atoms with Crippen molar-refractivity contribution in [3.8, 4) is 0 Å². The first-order chi connectivity index (χ1) is 4.72. The molecule has 0 spiro atoms. The van der Waals surface area contributed by atoms with Crippen molar-refractivity contribution < 1.29 is 5.21 Å². The van der Waals surface area contributed by atoms with Crippen LogP contribution < -0.4 is 0 Å². The molecule has 1 rings (SSSR count). The molecule has 1 aliphatic rings. The van der Waals surface area contributed by atoms with Crippen molar-refractivity contribution in [1.29, 1.82) is 0 Å². The molecule has 2 nitrogen and oxygen atoms in total. The second-order valence-electron chi connectivity index (χ2n) is 3.52. The summed E-state index contributed by atoms with van der Waals surface area (Å²) in [5, 5.41) is 11.8. The van der Waals surface area contributed by atoms with Gasteiger partial charge in [0.1, 0.15) is 0 Å². The molecule has 0 amide bonds. The largest absolute Gasteiger partial charge is 0.411 e. The highest BCUT2D eigenvalue weighted by Gasteiger charge is 2.19. The van der Waals surface area contributed by atoms with Gasteiger partial charge in [-0.15, -0.1) is 0 Å². The van der Waals surface area contributed by atoms with Gasteiger partial charge in [0.2, 0.25) is 0 Å². The maximum absolute atomic E-state index is 8.51. The summed E-state index contributed by atoms with van der Waals surface area (Å²) in [6, 6.07) is 0. The molecule has 0 aromatic rings. The Morgan fingerprint density at radius 3 is 2.20 bits per heavy atom. The van der Waals surface area contributed by atoms with Gasteiger partial charge in [0.05, 0.1) is 5.71 Å². The van der Waals surface area contributed by atoms with Crippen LogP contribution in [-0.2, 0) is 0 Å². The lowest BCUT2D eigenvalue weighted by Gasteiger charge is -2.23. The summed E-state index contributed by atoms with van der Waals surface area (Å²) < 4.78 is 0. The molecule has 0 aromatic heterocycles. The molecule has 0 bridgehead atoms. The Hall–Kier alpha value is -0.530. The van der Waals surface area contributed by atoms with E-state index in [0.29, 0.717) is 11.8 Å². The molecule has 0 aromatic carbocycles. The highest BCUT2D eigenvalue weighted by molar-refractivity contribution is 5.84. The molecule has 0 radical (unpaired) electrons. The van der Waals surface area contributed by atoms with Crippen molar-refractivity contribution in [2.24, 2.45) is 17.0 Å². The van der Waals surface area contributed by atoms with Gasteiger partial charge in [0.15, 0.2) is 0 Å². The fourth-order valence-electron chi connectivity index (χ4n) is 1.82. The van der Waals surface area contributed by atoms with E-state index in [-0.39, 0.29) is 0 Å². The molecule has 10 heavy (non-hydrogen) atoms. The second kappa shape index (κ2) is 3.04. The maximum Gasteiger partial charge on any atom is 0.0576 e. The number of hydrogen-bond acceptors (Lipinski definition) is 2. The summed E-state index contributed by atoms with van der Waals surface area (Å²) in [5.41, 5.74) is 0.978. The summed E-state index contributed by atoms with van der Waals surface area (Å²) in [6.45, 7) is 4.42. The lowest BCUT2D eigenvalue weighted by Crippen LogP contribution is -2.19. The summed E-state index contributed by atoms with van der Waals surface area (Å²) in [7, 11) is 0. The molecule has 1 fully saturated rings. The number of hydrogen-bond donors (Lipinski definition) is 1. The molecular weight excluding hydrogens is 126 g/mol. The minimum absolute atomic E-state index is 0.703. The molecule has 2 atom stereocenters. The first kappa shape index (κ1) is 7.58. The van der Waals surface area contributed by atoms with Crippen LogP contribution in [-0.4, -0.2) is 10.9 Å². The summed E-state index contributed by atoms with van der Waals surface area (Å²) in [5.74, 6) is 1.41. The van der Waals surface area contributed by atoms with Crippen LogP contribution >= 0.6 is 0 Å². The van der Waals surface area contributed by atoms with Gasteiger partial charge >= 0.3 is 0 Å². The standard InChI is InChI=1S/C8H15NO/c1-6-3-7(2)5-8(4-6)9-10/h6-7,10H,3-5H2,1-2H3. The maximum atomic E-state index is 8.51. The van der Waals surface area contributed by atoms with E-state index in [9.17, 15) is 0 Å². The molecule has 1 aliphatic carbocycles. The molecule has 0 heterocycles. The molecule has 0 saturated heterocycles. The third kappa shape index (κ3) is 1.72. The molecule has 2 unspecified atom stereocenters. The van der Waals surface area contributed by atoms with Crippen LogP contribution in [0.2, 0.25) is 0 Å². The Morgan fingerprint density at radius 1 is 1.30 bits per heavy atom. The lowest BCUT2D eigenvalue weighted by molar-refractivity contribution is 0.304. The molecule has 0 aliphatic heterocycles. The predicted octanol–water partition coefficient (Wildman–Crippen LogP) is 2.27. The zero-order valence-electron chi connectivity index (χ0n) is 6.67. The first-order valence-electron chi connectivity index (χ1n) is 3.92. The molecular formula is C8H15NO. The predicted molar refractivity (Wildman–Crippen MR) is 41.4 cm³/mol. The van der Waals surface area contributed by atoms with Crippen LogP contribution in [0.1, 0.15) is 33.1 Å². The monoisotopic (exact) mass is 141 g/mol. The average Bonchev–Trinajstić information content (AvgIpc) is 1.85. The number of oxime groups is 1. The van der Waals surface area contributed by atoms with Crippen molar-refractivity contribution in [3.63, 3.8) is 0 Å². The van der Waals surface area contributed by atoms with Gasteiger partial charge in [-0.2, -0.15) is 0 Å². The number of rotatable bonds is 0. The van der Waals surface area contributed by atoms with Crippen molar-refractivity contribution in [3.05, 3.63) is 0 Å². The van der Waals surface area contributed by atoms with E-state index in [4.69, 9.17) is 5.21 Å². The van der Waals surface area contributed by atoms with Gasteiger partial charge in [-0.05, 0) is 31.1 Å². The van der Waals surface area contributed by atoms with Gasteiger partial charge in [-0.1, -0.05) is 19.0 Å². The Balaban J connectivity index is 2.51. The Labute approximate surface area is 61.9 Å². The fourth-order valence-corrected chi connectivity index (χ4v) is 1.82. The summed E-state index contributed by atoms with van der Waals surface area (Å²) in [4.78, 5) is 0. The third-order valence-corrected chi connectivity index (χ3v) is 2.11. The van der Waals surface area contributed by atoms with Crippen LogP contribution in [0.25, 0.3) is 0 Å². The van der Waals surface area contributed by atoms with Gasteiger partial charge in [-0.25, -0.2) is 0 Å². The van der Waals surface area contributed by atoms with Crippen LogP contribution in [0.3, 0.4) is 0 Å². The Kier molecular flexibility index (Phi) is 2.30.